The summed E-state index contributed by atoms with van der Waals surface area (Å²) < 4.78 is 11.0. The van der Waals surface area contributed by atoms with Gasteiger partial charge in [0.25, 0.3) is 0 Å². The fourth-order valence-corrected chi connectivity index (χ4v) is 5.55. The molecule has 0 radical (unpaired) electrons. The van der Waals surface area contributed by atoms with Gasteiger partial charge in [0.05, 0.1) is 0 Å². The summed E-state index contributed by atoms with van der Waals surface area (Å²) in [5.41, 5.74) is 3.32. The van der Waals surface area contributed by atoms with Crippen LogP contribution in [0.1, 0.15) is 69.4 Å². The number of nitrogens with one attached hydrogen (secondary N) is 1. The summed E-state index contributed by atoms with van der Waals surface area (Å²) in [6.45, 7) is 3.21. The molecule has 2 aliphatic carbocycles. The van der Waals surface area contributed by atoms with Gasteiger partial charge >= 0.3 is 5.97 Å². The maximum Gasteiger partial charge on any atom is 0.308 e. The van der Waals surface area contributed by atoms with E-state index in [1.807, 2.05) is 6.07 Å². The Morgan fingerprint density at radius 1 is 1.31 bits per heavy atom. The number of benzene rings is 1. The monoisotopic (exact) mass is 357 g/mol. The normalized spacial score (nSPS) is 29.4. The summed E-state index contributed by atoms with van der Waals surface area (Å²) in [6, 6.07) is 7.15. The molecule has 3 aliphatic rings. The number of piperidine rings is 1. The van der Waals surface area contributed by atoms with Crippen molar-refractivity contribution < 1.29 is 14.3 Å². The maximum absolute atomic E-state index is 11.6. The van der Waals surface area contributed by atoms with Gasteiger partial charge in [0, 0.05) is 17.9 Å². The van der Waals surface area contributed by atoms with E-state index in [2.05, 4.69) is 24.4 Å². The Labute approximate surface area is 156 Å². The molecular formula is C22H31NO3. The molecule has 1 aromatic rings. The molecule has 1 aromatic carbocycles. The van der Waals surface area contributed by atoms with Crippen LogP contribution in [0.2, 0.25) is 0 Å². The van der Waals surface area contributed by atoms with E-state index >= 15 is 0 Å². The summed E-state index contributed by atoms with van der Waals surface area (Å²) in [6.07, 6.45) is 10.1. The first-order valence-corrected chi connectivity index (χ1v) is 10.4. The highest BCUT2D eigenvalue weighted by atomic mass is 16.7. The van der Waals surface area contributed by atoms with E-state index in [0.717, 1.165) is 37.5 Å². The molecule has 1 saturated carbocycles. The van der Waals surface area contributed by atoms with Crippen molar-refractivity contribution in [2.24, 2.45) is 5.92 Å². The zero-order chi connectivity index (χ0) is 18.0. The summed E-state index contributed by atoms with van der Waals surface area (Å²) in [4.78, 5) is 11.6. The average Bonchev–Trinajstić information content (AvgIpc) is 2.67. The molecule has 0 amide bonds. The van der Waals surface area contributed by atoms with Crippen molar-refractivity contribution in [2.75, 3.05) is 13.3 Å². The third kappa shape index (κ3) is 3.24. The third-order valence-electron chi connectivity index (χ3n) is 6.80. The predicted molar refractivity (Wildman–Crippen MR) is 101 cm³/mol. The van der Waals surface area contributed by atoms with E-state index in [0.29, 0.717) is 17.9 Å². The lowest BCUT2D eigenvalue weighted by Crippen LogP contribution is -2.59. The number of carbonyl (C=O) groups is 1. The number of esters is 1. The molecule has 26 heavy (non-hydrogen) atoms. The van der Waals surface area contributed by atoms with Crippen LogP contribution in [0.4, 0.5) is 0 Å². The number of ether oxygens (including phenoxy) is 2. The fourth-order valence-electron chi connectivity index (χ4n) is 5.55. The van der Waals surface area contributed by atoms with Gasteiger partial charge < -0.3 is 14.8 Å². The van der Waals surface area contributed by atoms with E-state index < -0.39 is 0 Å². The molecule has 3 atom stereocenters. The van der Waals surface area contributed by atoms with Gasteiger partial charge in [0.15, 0.2) is 0 Å². The van der Waals surface area contributed by atoms with E-state index in [4.69, 9.17) is 9.47 Å². The van der Waals surface area contributed by atoms with Gasteiger partial charge in [0.2, 0.25) is 6.79 Å². The number of rotatable bonds is 6. The summed E-state index contributed by atoms with van der Waals surface area (Å²) in [5.74, 6) is 1.43. The number of fused-ring (bicyclic) bond motifs is 1. The molecule has 4 nitrogen and oxygen atoms in total. The van der Waals surface area contributed by atoms with E-state index in [-0.39, 0.29) is 12.8 Å². The molecule has 0 unspecified atom stereocenters. The van der Waals surface area contributed by atoms with Crippen LogP contribution in [0.3, 0.4) is 0 Å². The minimum Gasteiger partial charge on any atom is -0.457 e. The van der Waals surface area contributed by atoms with Crippen molar-refractivity contribution in [3.05, 3.63) is 29.3 Å². The van der Waals surface area contributed by atoms with Crippen molar-refractivity contribution in [3.8, 4) is 5.75 Å². The smallest absolute Gasteiger partial charge is 0.308 e. The Morgan fingerprint density at radius 3 is 3.12 bits per heavy atom. The predicted octanol–water partition coefficient (Wildman–Crippen LogP) is 4.10. The molecule has 142 valence electrons. The molecule has 2 fully saturated rings. The first kappa shape index (κ1) is 17.8. The zero-order valence-corrected chi connectivity index (χ0v) is 15.9. The lowest BCUT2D eigenvalue weighted by molar-refractivity contribution is -0.150. The van der Waals surface area contributed by atoms with Crippen LogP contribution < -0.4 is 10.1 Å². The van der Waals surface area contributed by atoms with Crippen molar-refractivity contribution in [3.63, 3.8) is 0 Å². The fraction of sp³-hybridized carbons (Fsp3) is 0.682. The Balaban J connectivity index is 1.49. The second-order valence-electron chi connectivity index (χ2n) is 8.22. The molecule has 0 spiro atoms. The minimum atomic E-state index is -0.169. The highest BCUT2D eigenvalue weighted by Gasteiger charge is 2.51. The molecule has 1 N–H and O–H groups in total. The quantitative estimate of drug-likeness (QED) is 0.615. The largest absolute Gasteiger partial charge is 0.457 e. The molecule has 1 saturated heterocycles. The van der Waals surface area contributed by atoms with Crippen LogP contribution in [0.25, 0.3) is 0 Å². The second kappa shape index (κ2) is 7.59. The lowest BCUT2D eigenvalue weighted by atomic mass is 9.53. The van der Waals surface area contributed by atoms with Crippen molar-refractivity contribution in [1.29, 1.82) is 0 Å². The molecule has 1 aliphatic heterocycles. The molecule has 2 bridgehead atoms. The Bertz CT molecular complexity index is 655. The van der Waals surface area contributed by atoms with E-state index in [9.17, 15) is 4.79 Å². The van der Waals surface area contributed by atoms with Gasteiger partial charge in [-0.2, -0.15) is 0 Å². The van der Waals surface area contributed by atoms with Gasteiger partial charge in [0.1, 0.15) is 5.75 Å². The highest BCUT2D eigenvalue weighted by Crippen LogP contribution is 2.54. The van der Waals surface area contributed by atoms with Gasteiger partial charge in [-0.25, -0.2) is 0 Å². The van der Waals surface area contributed by atoms with Crippen molar-refractivity contribution in [2.45, 2.75) is 76.2 Å². The summed E-state index contributed by atoms with van der Waals surface area (Å²) >= 11 is 0. The van der Waals surface area contributed by atoms with Crippen LogP contribution in [0.5, 0.6) is 5.75 Å². The van der Waals surface area contributed by atoms with Crippen LogP contribution in [0, 0.1) is 5.92 Å². The van der Waals surface area contributed by atoms with Gasteiger partial charge in [-0.05, 0) is 67.8 Å². The molecular weight excluding hydrogens is 326 g/mol. The summed E-state index contributed by atoms with van der Waals surface area (Å²) in [7, 11) is 0. The lowest BCUT2D eigenvalue weighted by Gasteiger charge is -2.56. The van der Waals surface area contributed by atoms with E-state index in [1.54, 1.807) is 0 Å². The van der Waals surface area contributed by atoms with Gasteiger partial charge in [-0.3, -0.25) is 4.79 Å². The standard InChI is InChI=1S/C22H31NO3/c1-2-3-7-21(24)26-15-25-17-9-8-16-13-20-18-6-4-5-10-22(18,11-12-23-20)19(16)14-17/h8-9,14,18,20,23H,2-7,10-13,15H2,1H3/t18-,20+,22-/m1/s1. The van der Waals surface area contributed by atoms with Crippen LogP contribution in [0.15, 0.2) is 18.2 Å². The average molecular weight is 357 g/mol. The van der Waals surface area contributed by atoms with Crippen molar-refractivity contribution >= 4 is 5.97 Å². The van der Waals surface area contributed by atoms with Gasteiger partial charge in [-0.15, -0.1) is 0 Å². The number of carbonyl (C=O) groups excluding carboxylic acids is 1. The summed E-state index contributed by atoms with van der Waals surface area (Å²) in [5, 5.41) is 3.77. The molecule has 4 rings (SSSR count). The Kier molecular flexibility index (Phi) is 5.21. The first-order chi connectivity index (χ1) is 12.7. The van der Waals surface area contributed by atoms with Crippen LogP contribution >= 0.6 is 0 Å². The highest BCUT2D eigenvalue weighted by molar-refractivity contribution is 5.69. The molecule has 1 heterocycles. The molecule has 4 heteroatoms. The zero-order valence-electron chi connectivity index (χ0n) is 15.9. The number of hydrogen-bond acceptors (Lipinski definition) is 4. The molecule has 0 aromatic heterocycles. The first-order valence-electron chi connectivity index (χ1n) is 10.4. The van der Waals surface area contributed by atoms with E-state index in [1.165, 1.54) is 43.2 Å². The Morgan fingerprint density at radius 2 is 2.23 bits per heavy atom. The van der Waals surface area contributed by atoms with Crippen molar-refractivity contribution in [1.82, 2.24) is 5.32 Å². The van der Waals surface area contributed by atoms with Gasteiger partial charge in [-0.1, -0.05) is 32.3 Å². The van der Waals surface area contributed by atoms with Crippen LogP contribution in [-0.4, -0.2) is 25.3 Å². The number of unbranched alkanes of at least 4 members (excludes halogenated alkanes) is 1. The topological polar surface area (TPSA) is 47.6 Å². The van der Waals surface area contributed by atoms with Crippen LogP contribution in [-0.2, 0) is 21.4 Å². The SMILES string of the molecule is CCCCC(=O)OCOc1ccc2c(c1)[C@@]13CCCC[C@@H]1[C@H](C2)NCC3. The second-order valence-corrected chi connectivity index (χ2v) is 8.22. The third-order valence-corrected chi connectivity index (χ3v) is 6.80. The minimum absolute atomic E-state index is 0.0158. The maximum atomic E-state index is 11.6. The Hall–Kier alpha value is -1.55. The number of hydrogen-bond donors (Lipinski definition) is 1.